The maximum Gasteiger partial charge on any atom is 0.0520 e. The molecular formula is C18H22BrN3. The molecule has 3 rings (SSSR count). The normalized spacial score (nSPS) is 21.0. The van der Waals surface area contributed by atoms with Gasteiger partial charge in [-0.25, -0.2) is 5.43 Å². The van der Waals surface area contributed by atoms with Gasteiger partial charge in [-0.1, -0.05) is 45.8 Å². The zero-order chi connectivity index (χ0) is 15.5. The van der Waals surface area contributed by atoms with Crippen LogP contribution in [0.5, 0.6) is 0 Å². The van der Waals surface area contributed by atoms with Crippen molar-refractivity contribution in [3.05, 3.63) is 63.6 Å². The SMILES string of the molecule is Cc1ccc(C2NNCC2CNc2ccc(Br)c(C)c2)cc1. The molecule has 1 aliphatic rings. The van der Waals surface area contributed by atoms with Crippen LogP contribution in [0.4, 0.5) is 5.69 Å². The Labute approximate surface area is 140 Å². The number of halogens is 1. The van der Waals surface area contributed by atoms with Crippen LogP contribution in [0.3, 0.4) is 0 Å². The highest BCUT2D eigenvalue weighted by molar-refractivity contribution is 9.10. The number of aryl methyl sites for hydroxylation is 2. The number of hydrogen-bond donors (Lipinski definition) is 3. The molecule has 3 nitrogen and oxygen atoms in total. The third-order valence-corrected chi connectivity index (χ3v) is 5.15. The molecule has 0 saturated carbocycles. The van der Waals surface area contributed by atoms with Crippen molar-refractivity contribution < 1.29 is 0 Å². The van der Waals surface area contributed by atoms with Gasteiger partial charge in [0.25, 0.3) is 0 Å². The molecule has 0 spiro atoms. The molecule has 1 saturated heterocycles. The van der Waals surface area contributed by atoms with E-state index in [4.69, 9.17) is 0 Å². The zero-order valence-electron chi connectivity index (χ0n) is 13.0. The lowest BCUT2D eigenvalue weighted by molar-refractivity contribution is 0.493. The van der Waals surface area contributed by atoms with Gasteiger partial charge in [0.2, 0.25) is 0 Å². The van der Waals surface area contributed by atoms with Gasteiger partial charge in [-0.15, -0.1) is 0 Å². The second-order valence-corrected chi connectivity index (χ2v) is 6.87. The fourth-order valence-corrected chi connectivity index (χ4v) is 3.11. The molecule has 2 unspecified atom stereocenters. The molecule has 0 bridgehead atoms. The summed E-state index contributed by atoms with van der Waals surface area (Å²) in [6.45, 7) is 6.16. The van der Waals surface area contributed by atoms with Crippen LogP contribution >= 0.6 is 15.9 Å². The van der Waals surface area contributed by atoms with Crippen molar-refractivity contribution in [1.29, 1.82) is 0 Å². The van der Waals surface area contributed by atoms with Crippen LogP contribution in [0.1, 0.15) is 22.7 Å². The van der Waals surface area contributed by atoms with Crippen LogP contribution in [0.2, 0.25) is 0 Å². The molecular weight excluding hydrogens is 338 g/mol. The molecule has 0 amide bonds. The van der Waals surface area contributed by atoms with Gasteiger partial charge in [-0.05, 0) is 43.2 Å². The molecule has 4 heteroatoms. The van der Waals surface area contributed by atoms with Crippen molar-refractivity contribution in [2.24, 2.45) is 5.92 Å². The summed E-state index contributed by atoms with van der Waals surface area (Å²) in [5, 5.41) is 3.56. The third kappa shape index (κ3) is 3.51. The summed E-state index contributed by atoms with van der Waals surface area (Å²) >= 11 is 3.54. The molecule has 0 radical (unpaired) electrons. The fraction of sp³-hybridized carbons (Fsp3) is 0.333. The molecule has 2 atom stereocenters. The highest BCUT2D eigenvalue weighted by atomic mass is 79.9. The summed E-state index contributed by atoms with van der Waals surface area (Å²) in [5.41, 5.74) is 11.8. The van der Waals surface area contributed by atoms with E-state index in [2.05, 4.69) is 88.4 Å². The molecule has 2 aromatic rings. The van der Waals surface area contributed by atoms with Crippen LogP contribution < -0.4 is 16.2 Å². The van der Waals surface area contributed by atoms with E-state index >= 15 is 0 Å². The molecule has 0 aliphatic carbocycles. The summed E-state index contributed by atoms with van der Waals surface area (Å²) in [7, 11) is 0. The minimum absolute atomic E-state index is 0.352. The average Bonchev–Trinajstić information content (AvgIpc) is 2.98. The van der Waals surface area contributed by atoms with Gasteiger partial charge in [0.15, 0.2) is 0 Å². The molecule has 2 aromatic carbocycles. The third-order valence-electron chi connectivity index (χ3n) is 4.26. The number of rotatable bonds is 4. The quantitative estimate of drug-likeness (QED) is 0.773. The van der Waals surface area contributed by atoms with E-state index in [-0.39, 0.29) is 0 Å². The molecule has 22 heavy (non-hydrogen) atoms. The highest BCUT2D eigenvalue weighted by Crippen LogP contribution is 2.26. The first-order valence-corrected chi connectivity index (χ1v) is 8.48. The van der Waals surface area contributed by atoms with E-state index in [0.29, 0.717) is 12.0 Å². The number of hydrazine groups is 1. The van der Waals surface area contributed by atoms with Gasteiger partial charge in [0.1, 0.15) is 0 Å². The number of benzene rings is 2. The second-order valence-electron chi connectivity index (χ2n) is 6.02. The first kappa shape index (κ1) is 15.5. The summed E-state index contributed by atoms with van der Waals surface area (Å²) in [6.07, 6.45) is 0. The maximum atomic E-state index is 3.56. The second kappa shape index (κ2) is 6.82. The fourth-order valence-electron chi connectivity index (χ4n) is 2.86. The van der Waals surface area contributed by atoms with Crippen molar-refractivity contribution in [1.82, 2.24) is 10.9 Å². The minimum atomic E-state index is 0.352. The first-order valence-electron chi connectivity index (χ1n) is 7.68. The topological polar surface area (TPSA) is 36.1 Å². The Morgan fingerprint density at radius 2 is 1.91 bits per heavy atom. The van der Waals surface area contributed by atoms with Gasteiger partial charge in [-0.3, -0.25) is 5.43 Å². The van der Waals surface area contributed by atoms with Crippen molar-refractivity contribution in [2.45, 2.75) is 19.9 Å². The Hall–Kier alpha value is -1.36. The largest absolute Gasteiger partial charge is 0.385 e. The molecule has 3 N–H and O–H groups in total. The Kier molecular flexibility index (Phi) is 4.81. The van der Waals surface area contributed by atoms with Gasteiger partial charge < -0.3 is 5.32 Å². The van der Waals surface area contributed by atoms with Gasteiger partial charge in [0, 0.05) is 29.2 Å². The number of hydrogen-bond acceptors (Lipinski definition) is 3. The molecule has 1 fully saturated rings. The Balaban J connectivity index is 1.66. The van der Waals surface area contributed by atoms with Crippen LogP contribution in [-0.4, -0.2) is 13.1 Å². The van der Waals surface area contributed by atoms with E-state index in [1.165, 1.54) is 22.4 Å². The van der Waals surface area contributed by atoms with E-state index in [9.17, 15) is 0 Å². The molecule has 116 valence electrons. The number of nitrogens with one attached hydrogen (secondary N) is 3. The summed E-state index contributed by atoms with van der Waals surface area (Å²) in [5.74, 6) is 0.520. The average molecular weight is 360 g/mol. The van der Waals surface area contributed by atoms with Crippen LogP contribution in [0, 0.1) is 19.8 Å². The smallest absolute Gasteiger partial charge is 0.0520 e. The van der Waals surface area contributed by atoms with Crippen molar-refractivity contribution in [3.63, 3.8) is 0 Å². The Morgan fingerprint density at radius 1 is 1.14 bits per heavy atom. The lowest BCUT2D eigenvalue weighted by atomic mass is 9.94. The summed E-state index contributed by atoms with van der Waals surface area (Å²) < 4.78 is 1.15. The predicted molar refractivity (Wildman–Crippen MR) is 95.9 cm³/mol. The Bertz CT molecular complexity index is 639. The molecule has 1 heterocycles. The van der Waals surface area contributed by atoms with Crippen LogP contribution in [-0.2, 0) is 0 Å². The van der Waals surface area contributed by atoms with Gasteiger partial charge >= 0.3 is 0 Å². The van der Waals surface area contributed by atoms with Gasteiger partial charge in [-0.2, -0.15) is 0 Å². The Morgan fingerprint density at radius 3 is 2.64 bits per heavy atom. The summed E-state index contributed by atoms with van der Waals surface area (Å²) in [6, 6.07) is 15.5. The highest BCUT2D eigenvalue weighted by Gasteiger charge is 2.27. The standard InChI is InChI=1S/C18H22BrN3/c1-12-3-5-14(6-4-12)18-15(11-21-22-18)10-20-16-7-8-17(19)13(2)9-16/h3-9,15,18,20-22H,10-11H2,1-2H3. The summed E-state index contributed by atoms with van der Waals surface area (Å²) in [4.78, 5) is 0. The number of anilines is 1. The molecule has 0 aromatic heterocycles. The van der Waals surface area contributed by atoms with Crippen molar-refractivity contribution in [2.75, 3.05) is 18.4 Å². The van der Waals surface area contributed by atoms with Crippen molar-refractivity contribution in [3.8, 4) is 0 Å². The minimum Gasteiger partial charge on any atom is -0.385 e. The maximum absolute atomic E-state index is 3.56. The van der Waals surface area contributed by atoms with E-state index in [1.54, 1.807) is 0 Å². The van der Waals surface area contributed by atoms with Gasteiger partial charge in [0.05, 0.1) is 6.04 Å². The van der Waals surface area contributed by atoms with E-state index in [1.807, 2.05) is 0 Å². The lowest BCUT2D eigenvalue weighted by Gasteiger charge is -2.20. The van der Waals surface area contributed by atoms with Crippen LogP contribution in [0.15, 0.2) is 46.9 Å². The zero-order valence-corrected chi connectivity index (χ0v) is 14.6. The van der Waals surface area contributed by atoms with E-state index < -0.39 is 0 Å². The predicted octanol–water partition coefficient (Wildman–Crippen LogP) is 3.94. The van der Waals surface area contributed by atoms with E-state index in [0.717, 1.165) is 17.6 Å². The molecule has 1 aliphatic heterocycles. The lowest BCUT2D eigenvalue weighted by Crippen LogP contribution is -2.26. The van der Waals surface area contributed by atoms with Crippen molar-refractivity contribution >= 4 is 21.6 Å². The monoisotopic (exact) mass is 359 g/mol. The van der Waals surface area contributed by atoms with Crippen LogP contribution in [0.25, 0.3) is 0 Å². The first-order chi connectivity index (χ1) is 10.6.